The second-order valence-corrected chi connectivity index (χ2v) is 4.37. The second-order valence-electron chi connectivity index (χ2n) is 3.52. The van der Waals surface area contributed by atoms with Crippen molar-refractivity contribution in [2.75, 3.05) is 19.0 Å². The van der Waals surface area contributed by atoms with E-state index in [2.05, 4.69) is 21.2 Å². The fourth-order valence-corrected chi connectivity index (χ4v) is 1.77. The summed E-state index contributed by atoms with van der Waals surface area (Å²) < 4.78 is 5.23. The number of nitrogens with one attached hydrogen (secondary N) is 1. The monoisotopic (exact) mass is 316 g/mol. The average molecular weight is 317 g/mol. The van der Waals surface area contributed by atoms with Crippen LogP contribution in [0.2, 0.25) is 0 Å². The topological polar surface area (TPSA) is 102 Å². The molecule has 0 bridgehead atoms. The fourth-order valence-electron chi connectivity index (χ4n) is 1.30. The maximum atomic E-state index is 11.7. The smallest absolute Gasteiger partial charge is 0.337 e. The van der Waals surface area contributed by atoms with Gasteiger partial charge in [-0.25, -0.2) is 4.79 Å². The molecule has 7 heteroatoms. The Hall–Kier alpha value is -1.44. The zero-order valence-electron chi connectivity index (χ0n) is 9.64. The summed E-state index contributed by atoms with van der Waals surface area (Å²) in [4.78, 5) is 22.7. The van der Waals surface area contributed by atoms with Crippen LogP contribution in [0, 0.1) is 0 Å². The van der Waals surface area contributed by atoms with E-state index < -0.39 is 17.9 Å². The fraction of sp³-hybridized carbons (Fsp3) is 0.273. The molecule has 1 aromatic rings. The first-order chi connectivity index (χ1) is 8.47. The van der Waals surface area contributed by atoms with E-state index in [0.29, 0.717) is 4.47 Å². The minimum atomic E-state index is -1.13. The summed E-state index contributed by atoms with van der Waals surface area (Å²) in [6.45, 7) is 0.0543. The molecule has 18 heavy (non-hydrogen) atoms. The number of rotatable bonds is 5. The van der Waals surface area contributed by atoms with E-state index in [9.17, 15) is 9.59 Å². The molecule has 0 heterocycles. The summed E-state index contributed by atoms with van der Waals surface area (Å²) in [5.74, 6) is -1.64. The maximum absolute atomic E-state index is 11.7. The van der Waals surface area contributed by atoms with Crippen LogP contribution in [0.3, 0.4) is 0 Å². The molecule has 1 unspecified atom stereocenters. The normalized spacial score (nSPS) is 11.9. The number of aromatic carboxylic acids is 1. The predicted molar refractivity (Wildman–Crippen MR) is 69.6 cm³/mol. The number of hydrogen-bond donors (Lipinski definition) is 3. The molecular weight excluding hydrogens is 304 g/mol. The molecule has 98 valence electrons. The van der Waals surface area contributed by atoms with Gasteiger partial charge in [-0.05, 0) is 28.1 Å². The Balaban J connectivity index is 2.96. The molecule has 1 amide bonds. The van der Waals surface area contributed by atoms with Crippen LogP contribution in [0.15, 0.2) is 22.7 Å². The number of halogens is 1. The molecule has 0 aliphatic heterocycles. The molecule has 0 aliphatic rings. The third kappa shape index (κ3) is 3.52. The highest BCUT2D eigenvalue weighted by Gasteiger charge is 2.19. The van der Waals surface area contributed by atoms with Crippen molar-refractivity contribution >= 4 is 33.5 Å². The summed E-state index contributed by atoms with van der Waals surface area (Å²) in [5, 5.41) is 11.5. The Bertz CT molecular complexity index is 464. The molecular formula is C11H13BrN2O4. The number of ether oxygens (including phenoxy) is 1. The number of carbonyl (C=O) groups excluding carboxylic acids is 1. The second kappa shape index (κ2) is 6.48. The third-order valence-electron chi connectivity index (χ3n) is 2.18. The van der Waals surface area contributed by atoms with Gasteiger partial charge in [0, 0.05) is 11.6 Å². The van der Waals surface area contributed by atoms with Gasteiger partial charge in [0.15, 0.2) is 0 Å². The SMILES string of the molecule is COCC(N)C(=O)Nc1c(Br)cccc1C(=O)O. The van der Waals surface area contributed by atoms with Crippen LogP contribution in [0.4, 0.5) is 5.69 Å². The minimum absolute atomic E-state index is 0.0117. The number of anilines is 1. The average Bonchev–Trinajstić information content (AvgIpc) is 2.31. The predicted octanol–water partition coefficient (Wildman–Crippen LogP) is 1.06. The van der Waals surface area contributed by atoms with Crippen molar-refractivity contribution in [1.82, 2.24) is 0 Å². The van der Waals surface area contributed by atoms with Gasteiger partial charge in [0.05, 0.1) is 17.9 Å². The lowest BCUT2D eigenvalue weighted by Gasteiger charge is -2.14. The molecule has 0 fully saturated rings. The number of carbonyl (C=O) groups is 2. The van der Waals surface area contributed by atoms with E-state index in [0.717, 1.165) is 0 Å². The summed E-state index contributed by atoms with van der Waals surface area (Å²) in [6, 6.07) is 3.73. The van der Waals surface area contributed by atoms with E-state index in [1.165, 1.54) is 13.2 Å². The Kier molecular flexibility index (Phi) is 5.26. The van der Waals surface area contributed by atoms with Crippen LogP contribution in [0.5, 0.6) is 0 Å². The zero-order valence-corrected chi connectivity index (χ0v) is 11.2. The molecule has 0 aromatic heterocycles. The van der Waals surface area contributed by atoms with Crippen molar-refractivity contribution in [1.29, 1.82) is 0 Å². The molecule has 0 saturated carbocycles. The zero-order chi connectivity index (χ0) is 13.7. The highest BCUT2D eigenvalue weighted by Crippen LogP contribution is 2.26. The number of hydrogen-bond acceptors (Lipinski definition) is 4. The van der Waals surface area contributed by atoms with Crippen LogP contribution in [-0.4, -0.2) is 36.7 Å². The molecule has 1 atom stereocenters. The van der Waals surface area contributed by atoms with Crippen molar-refractivity contribution in [3.63, 3.8) is 0 Å². The number of benzene rings is 1. The van der Waals surface area contributed by atoms with Crippen LogP contribution in [-0.2, 0) is 9.53 Å². The number of amides is 1. The summed E-state index contributed by atoms with van der Waals surface area (Å²) in [7, 11) is 1.42. The first-order valence-electron chi connectivity index (χ1n) is 5.04. The number of carboxylic acid groups (broad SMARTS) is 1. The van der Waals surface area contributed by atoms with Crippen molar-refractivity contribution < 1.29 is 19.4 Å². The molecule has 0 spiro atoms. The number of para-hydroxylation sites is 1. The summed E-state index contributed by atoms with van der Waals surface area (Å²) in [6.07, 6.45) is 0. The molecule has 1 aromatic carbocycles. The van der Waals surface area contributed by atoms with Crippen molar-refractivity contribution in [2.24, 2.45) is 5.73 Å². The molecule has 6 nitrogen and oxygen atoms in total. The Labute approximate surface area is 112 Å². The standard InChI is InChI=1S/C11H13BrN2O4/c1-18-5-8(13)10(15)14-9-6(11(16)17)3-2-4-7(9)12/h2-4,8H,5,13H2,1H3,(H,14,15)(H,16,17). The Morgan fingerprint density at radius 3 is 2.78 bits per heavy atom. The molecule has 4 N–H and O–H groups in total. The highest BCUT2D eigenvalue weighted by atomic mass is 79.9. The largest absolute Gasteiger partial charge is 0.478 e. The lowest BCUT2D eigenvalue weighted by atomic mass is 10.1. The van der Waals surface area contributed by atoms with Crippen LogP contribution in [0.1, 0.15) is 10.4 Å². The number of methoxy groups -OCH3 is 1. The number of carboxylic acids is 1. The molecule has 1 rings (SSSR count). The van der Waals surface area contributed by atoms with Gasteiger partial charge >= 0.3 is 5.97 Å². The Morgan fingerprint density at radius 2 is 2.22 bits per heavy atom. The van der Waals surface area contributed by atoms with Crippen molar-refractivity contribution in [3.05, 3.63) is 28.2 Å². The van der Waals surface area contributed by atoms with E-state index in [4.69, 9.17) is 15.6 Å². The van der Waals surface area contributed by atoms with Gasteiger partial charge in [0.2, 0.25) is 5.91 Å². The molecule has 0 aliphatic carbocycles. The van der Waals surface area contributed by atoms with E-state index in [-0.39, 0.29) is 17.9 Å². The first kappa shape index (κ1) is 14.6. The van der Waals surface area contributed by atoms with Gasteiger partial charge in [0.25, 0.3) is 0 Å². The van der Waals surface area contributed by atoms with Crippen molar-refractivity contribution in [2.45, 2.75) is 6.04 Å². The lowest BCUT2D eigenvalue weighted by molar-refractivity contribution is -0.118. The van der Waals surface area contributed by atoms with Gasteiger partial charge in [-0.2, -0.15) is 0 Å². The van der Waals surface area contributed by atoms with Crippen LogP contribution < -0.4 is 11.1 Å². The van der Waals surface area contributed by atoms with Gasteiger partial charge in [-0.15, -0.1) is 0 Å². The highest BCUT2D eigenvalue weighted by molar-refractivity contribution is 9.10. The lowest BCUT2D eigenvalue weighted by Crippen LogP contribution is -2.39. The quantitative estimate of drug-likeness (QED) is 0.754. The van der Waals surface area contributed by atoms with Crippen molar-refractivity contribution in [3.8, 4) is 0 Å². The van der Waals surface area contributed by atoms with Gasteiger partial charge < -0.3 is 20.9 Å². The van der Waals surface area contributed by atoms with E-state index in [1.807, 2.05) is 0 Å². The van der Waals surface area contributed by atoms with E-state index in [1.54, 1.807) is 12.1 Å². The minimum Gasteiger partial charge on any atom is -0.478 e. The molecule has 0 saturated heterocycles. The first-order valence-corrected chi connectivity index (χ1v) is 5.84. The van der Waals surface area contributed by atoms with E-state index >= 15 is 0 Å². The Morgan fingerprint density at radius 1 is 1.56 bits per heavy atom. The van der Waals surface area contributed by atoms with Gasteiger partial charge in [0.1, 0.15) is 6.04 Å². The van der Waals surface area contributed by atoms with Crippen LogP contribution in [0.25, 0.3) is 0 Å². The third-order valence-corrected chi connectivity index (χ3v) is 2.84. The maximum Gasteiger partial charge on any atom is 0.337 e. The number of nitrogens with two attached hydrogens (primary N) is 1. The summed E-state index contributed by atoms with van der Waals surface area (Å²) >= 11 is 3.18. The van der Waals surface area contributed by atoms with Gasteiger partial charge in [-0.1, -0.05) is 6.07 Å². The van der Waals surface area contributed by atoms with Crippen LogP contribution >= 0.6 is 15.9 Å². The molecule has 0 radical (unpaired) electrons. The summed E-state index contributed by atoms with van der Waals surface area (Å²) in [5.41, 5.74) is 5.72. The van der Waals surface area contributed by atoms with Gasteiger partial charge in [-0.3, -0.25) is 4.79 Å².